The molecular weight excluding hydrogens is 314 g/mol. The standard InChI is InChI=1S/C18H14F2N2O2/c19-14-5-1-12(2-6-14)16-9-10-18(24)22(21-16)11-17(23)13-3-7-15(20)8-4-13/h1-10,17,23H,11H2. The number of benzene rings is 2. The van der Waals surface area contributed by atoms with Crippen LogP contribution in [0.4, 0.5) is 8.78 Å². The molecule has 0 fully saturated rings. The van der Waals surface area contributed by atoms with Crippen LogP contribution in [0, 0.1) is 11.6 Å². The van der Waals surface area contributed by atoms with Crippen LogP contribution in [0.1, 0.15) is 11.7 Å². The van der Waals surface area contributed by atoms with Crippen molar-refractivity contribution in [3.63, 3.8) is 0 Å². The van der Waals surface area contributed by atoms with E-state index in [0.29, 0.717) is 16.8 Å². The van der Waals surface area contributed by atoms with Gasteiger partial charge in [-0.1, -0.05) is 12.1 Å². The normalized spacial score (nSPS) is 12.1. The quantitative estimate of drug-likeness (QED) is 0.801. The predicted molar refractivity (Wildman–Crippen MR) is 85.3 cm³/mol. The Morgan fingerprint density at radius 3 is 2.12 bits per heavy atom. The van der Waals surface area contributed by atoms with Crippen LogP contribution in [-0.2, 0) is 6.54 Å². The van der Waals surface area contributed by atoms with Crippen LogP contribution in [0.2, 0.25) is 0 Å². The molecular formula is C18H14F2N2O2. The van der Waals surface area contributed by atoms with Crippen molar-refractivity contribution >= 4 is 0 Å². The first kappa shape index (κ1) is 16.0. The van der Waals surface area contributed by atoms with Gasteiger partial charge >= 0.3 is 0 Å². The summed E-state index contributed by atoms with van der Waals surface area (Å²) in [5.41, 5.74) is 1.25. The average Bonchev–Trinajstić information content (AvgIpc) is 2.58. The second kappa shape index (κ2) is 6.72. The van der Waals surface area contributed by atoms with Gasteiger partial charge in [0.15, 0.2) is 0 Å². The number of hydrogen-bond donors (Lipinski definition) is 1. The van der Waals surface area contributed by atoms with Gasteiger partial charge in [-0.15, -0.1) is 0 Å². The highest BCUT2D eigenvalue weighted by Crippen LogP contribution is 2.17. The van der Waals surface area contributed by atoms with Crippen LogP contribution in [-0.4, -0.2) is 14.9 Å². The molecule has 0 amide bonds. The van der Waals surface area contributed by atoms with Crippen molar-refractivity contribution in [1.29, 1.82) is 0 Å². The molecule has 0 bridgehead atoms. The molecule has 3 aromatic rings. The molecule has 0 saturated carbocycles. The number of halogens is 2. The van der Waals surface area contributed by atoms with Gasteiger partial charge in [0.1, 0.15) is 11.6 Å². The van der Waals surface area contributed by atoms with Gasteiger partial charge in [-0.2, -0.15) is 5.10 Å². The Hall–Kier alpha value is -2.86. The minimum Gasteiger partial charge on any atom is -0.386 e. The third-order valence-electron chi connectivity index (χ3n) is 3.61. The van der Waals surface area contributed by atoms with Crippen LogP contribution >= 0.6 is 0 Å². The highest BCUT2D eigenvalue weighted by molar-refractivity contribution is 5.57. The number of nitrogens with zero attached hydrogens (tertiary/aromatic N) is 2. The van der Waals surface area contributed by atoms with Gasteiger partial charge in [0.2, 0.25) is 0 Å². The van der Waals surface area contributed by atoms with E-state index in [9.17, 15) is 18.7 Å². The molecule has 122 valence electrons. The van der Waals surface area contributed by atoms with Crippen LogP contribution < -0.4 is 5.56 Å². The summed E-state index contributed by atoms with van der Waals surface area (Å²) in [6.45, 7) is -0.0699. The maximum absolute atomic E-state index is 13.0. The molecule has 1 atom stereocenters. The smallest absolute Gasteiger partial charge is 0.266 e. The topological polar surface area (TPSA) is 55.1 Å². The summed E-state index contributed by atoms with van der Waals surface area (Å²) >= 11 is 0. The lowest BCUT2D eigenvalue weighted by molar-refractivity contribution is 0.149. The third kappa shape index (κ3) is 3.55. The van der Waals surface area contributed by atoms with Crippen LogP contribution in [0.25, 0.3) is 11.3 Å². The number of aliphatic hydroxyl groups is 1. The first-order valence-corrected chi connectivity index (χ1v) is 7.30. The van der Waals surface area contributed by atoms with Crippen molar-refractivity contribution in [1.82, 2.24) is 9.78 Å². The van der Waals surface area contributed by atoms with Crippen molar-refractivity contribution in [2.45, 2.75) is 12.6 Å². The summed E-state index contributed by atoms with van der Waals surface area (Å²) in [6.07, 6.45) is -1.00. The van der Waals surface area contributed by atoms with E-state index in [-0.39, 0.29) is 17.9 Å². The molecule has 0 saturated heterocycles. The lowest BCUT2D eigenvalue weighted by Crippen LogP contribution is -2.25. The van der Waals surface area contributed by atoms with E-state index in [2.05, 4.69) is 5.10 Å². The summed E-state index contributed by atoms with van der Waals surface area (Å²) in [6, 6.07) is 14.0. The first-order chi connectivity index (χ1) is 11.5. The molecule has 6 heteroatoms. The van der Waals surface area contributed by atoms with E-state index in [1.165, 1.54) is 48.5 Å². The van der Waals surface area contributed by atoms with Crippen molar-refractivity contribution in [3.05, 3.63) is 88.2 Å². The lowest BCUT2D eigenvalue weighted by Gasteiger charge is -2.13. The van der Waals surface area contributed by atoms with Crippen LogP contribution in [0.3, 0.4) is 0 Å². The molecule has 1 aromatic heterocycles. The van der Waals surface area contributed by atoms with Crippen molar-refractivity contribution < 1.29 is 13.9 Å². The SMILES string of the molecule is O=c1ccc(-c2ccc(F)cc2)nn1CC(O)c1ccc(F)cc1. The van der Waals surface area contributed by atoms with E-state index in [4.69, 9.17) is 0 Å². The summed E-state index contributed by atoms with van der Waals surface area (Å²) in [7, 11) is 0. The Bertz CT molecular complexity index is 890. The number of aliphatic hydroxyl groups excluding tert-OH is 1. The minimum atomic E-state index is -1.00. The second-order valence-corrected chi connectivity index (χ2v) is 5.31. The largest absolute Gasteiger partial charge is 0.386 e. The molecule has 0 aliphatic carbocycles. The number of rotatable bonds is 4. The van der Waals surface area contributed by atoms with Gasteiger partial charge in [-0.3, -0.25) is 4.79 Å². The molecule has 3 rings (SSSR count). The van der Waals surface area contributed by atoms with Gasteiger partial charge < -0.3 is 5.11 Å². The summed E-state index contributed by atoms with van der Waals surface area (Å²) in [5, 5.41) is 14.4. The zero-order chi connectivity index (χ0) is 17.1. The van der Waals surface area contributed by atoms with Gasteiger partial charge in [0.05, 0.1) is 18.3 Å². The van der Waals surface area contributed by atoms with Crippen molar-refractivity contribution in [2.75, 3.05) is 0 Å². The van der Waals surface area contributed by atoms with Gasteiger partial charge in [-0.25, -0.2) is 13.5 Å². The zero-order valence-corrected chi connectivity index (χ0v) is 12.6. The fraction of sp³-hybridized carbons (Fsp3) is 0.111. The molecule has 2 aromatic carbocycles. The third-order valence-corrected chi connectivity index (χ3v) is 3.61. The van der Waals surface area contributed by atoms with E-state index in [1.54, 1.807) is 12.1 Å². The van der Waals surface area contributed by atoms with Gasteiger partial charge in [0, 0.05) is 11.6 Å². The first-order valence-electron chi connectivity index (χ1n) is 7.30. The van der Waals surface area contributed by atoms with Gasteiger partial charge in [0.25, 0.3) is 5.56 Å². The van der Waals surface area contributed by atoms with E-state index < -0.39 is 11.9 Å². The molecule has 0 aliphatic heterocycles. The second-order valence-electron chi connectivity index (χ2n) is 5.31. The zero-order valence-electron chi connectivity index (χ0n) is 12.6. The maximum Gasteiger partial charge on any atom is 0.266 e. The molecule has 24 heavy (non-hydrogen) atoms. The Labute approximate surface area is 136 Å². The minimum absolute atomic E-state index is 0.0699. The molecule has 1 heterocycles. The molecule has 0 aliphatic rings. The number of hydrogen-bond acceptors (Lipinski definition) is 3. The molecule has 0 radical (unpaired) electrons. The van der Waals surface area contributed by atoms with Crippen molar-refractivity contribution in [2.24, 2.45) is 0 Å². The fourth-order valence-electron chi connectivity index (χ4n) is 2.31. The van der Waals surface area contributed by atoms with E-state index in [0.717, 1.165) is 4.68 Å². The monoisotopic (exact) mass is 328 g/mol. The molecule has 4 nitrogen and oxygen atoms in total. The fourth-order valence-corrected chi connectivity index (χ4v) is 2.31. The highest BCUT2D eigenvalue weighted by atomic mass is 19.1. The van der Waals surface area contributed by atoms with Crippen LogP contribution in [0.5, 0.6) is 0 Å². The summed E-state index contributed by atoms with van der Waals surface area (Å²) in [5.74, 6) is -0.765. The predicted octanol–water partition coefficient (Wildman–Crippen LogP) is 2.92. The highest BCUT2D eigenvalue weighted by Gasteiger charge is 2.11. The Morgan fingerprint density at radius 1 is 0.917 bits per heavy atom. The molecule has 1 N–H and O–H groups in total. The number of aromatic nitrogens is 2. The Balaban J connectivity index is 1.87. The summed E-state index contributed by atoms with van der Waals surface area (Å²) in [4.78, 5) is 11.9. The van der Waals surface area contributed by atoms with E-state index >= 15 is 0 Å². The Morgan fingerprint density at radius 2 is 1.50 bits per heavy atom. The van der Waals surface area contributed by atoms with Crippen molar-refractivity contribution in [3.8, 4) is 11.3 Å². The Kier molecular flexibility index (Phi) is 4.48. The molecule has 0 spiro atoms. The molecule has 1 unspecified atom stereocenters. The van der Waals surface area contributed by atoms with E-state index in [1.807, 2.05) is 0 Å². The summed E-state index contributed by atoms with van der Waals surface area (Å²) < 4.78 is 27.1. The van der Waals surface area contributed by atoms with Crippen LogP contribution in [0.15, 0.2) is 65.5 Å². The lowest BCUT2D eigenvalue weighted by atomic mass is 10.1. The average molecular weight is 328 g/mol. The van der Waals surface area contributed by atoms with Gasteiger partial charge in [-0.05, 0) is 48.0 Å². The maximum atomic E-state index is 13.0.